The molecule has 0 unspecified atom stereocenters. The van der Waals surface area contributed by atoms with E-state index in [0.29, 0.717) is 0 Å². The third-order valence-corrected chi connectivity index (χ3v) is 1.83. The van der Waals surface area contributed by atoms with E-state index in [-0.39, 0.29) is 12.6 Å². The first-order valence-electron chi connectivity index (χ1n) is 3.38. The molecule has 4 N–H and O–H groups in total. The zero-order chi connectivity index (χ0) is 7.72. The van der Waals surface area contributed by atoms with Gasteiger partial charge in [-0.25, -0.2) is 0 Å². The summed E-state index contributed by atoms with van der Waals surface area (Å²) in [6, 6.07) is 0. The molecule has 0 aromatic heterocycles. The molecule has 60 valence electrons. The van der Waals surface area contributed by atoms with Gasteiger partial charge in [0.05, 0.1) is 12.2 Å². The monoisotopic (exact) mass is 147 g/mol. The molecule has 0 bridgehead atoms. The largest absolute Gasteiger partial charge is 0.388 e. The van der Waals surface area contributed by atoms with Crippen molar-refractivity contribution in [3.8, 4) is 0 Å². The van der Waals surface area contributed by atoms with Gasteiger partial charge in [0.15, 0.2) is 0 Å². The maximum Gasteiger partial charge on any atom is 0.110 e. The van der Waals surface area contributed by atoms with Crippen LogP contribution in [-0.2, 0) is 4.74 Å². The summed E-state index contributed by atoms with van der Waals surface area (Å²) in [6.45, 7) is 1.96. The number of hydrogen-bond acceptors (Lipinski definition) is 4. The van der Waals surface area contributed by atoms with Gasteiger partial charge < -0.3 is 20.7 Å². The summed E-state index contributed by atoms with van der Waals surface area (Å²) in [7, 11) is 0. The molecular formula is C6H13NO3. The molecule has 1 heterocycles. The van der Waals surface area contributed by atoms with Gasteiger partial charge in [-0.15, -0.1) is 0 Å². The van der Waals surface area contributed by atoms with Crippen molar-refractivity contribution in [2.24, 2.45) is 5.73 Å². The number of aliphatic hydroxyl groups excluding tert-OH is 2. The number of hydrogen-bond donors (Lipinski definition) is 3. The molecule has 0 amide bonds. The minimum absolute atomic E-state index is 0.253. The molecule has 0 aromatic carbocycles. The van der Waals surface area contributed by atoms with E-state index in [9.17, 15) is 5.11 Å². The van der Waals surface area contributed by atoms with Gasteiger partial charge >= 0.3 is 0 Å². The Balaban J connectivity index is 2.53. The zero-order valence-electron chi connectivity index (χ0n) is 5.90. The van der Waals surface area contributed by atoms with Crippen LogP contribution < -0.4 is 5.73 Å². The van der Waals surface area contributed by atoms with Crippen molar-refractivity contribution in [1.29, 1.82) is 0 Å². The number of ether oxygens (including phenoxy) is 1. The molecular weight excluding hydrogens is 134 g/mol. The van der Waals surface area contributed by atoms with E-state index >= 15 is 0 Å². The van der Waals surface area contributed by atoms with Crippen molar-refractivity contribution >= 4 is 0 Å². The predicted molar refractivity (Wildman–Crippen MR) is 35.4 cm³/mol. The van der Waals surface area contributed by atoms with Crippen LogP contribution in [0.25, 0.3) is 0 Å². The summed E-state index contributed by atoms with van der Waals surface area (Å²) < 4.78 is 5.11. The highest BCUT2D eigenvalue weighted by Gasteiger charge is 2.38. The van der Waals surface area contributed by atoms with E-state index in [1.807, 2.05) is 0 Å². The van der Waals surface area contributed by atoms with Crippen molar-refractivity contribution in [2.45, 2.75) is 31.3 Å². The normalized spacial score (nSPS) is 48.0. The quantitative estimate of drug-likeness (QED) is 0.420. The van der Waals surface area contributed by atoms with E-state index in [2.05, 4.69) is 0 Å². The van der Waals surface area contributed by atoms with Crippen LogP contribution in [0.4, 0.5) is 0 Å². The van der Waals surface area contributed by atoms with Gasteiger partial charge in [0.1, 0.15) is 12.2 Å². The molecule has 1 saturated heterocycles. The van der Waals surface area contributed by atoms with E-state index < -0.39 is 18.3 Å². The second kappa shape index (κ2) is 2.84. The van der Waals surface area contributed by atoms with Crippen LogP contribution in [0.5, 0.6) is 0 Å². The molecule has 0 aromatic rings. The Kier molecular flexibility index (Phi) is 2.25. The Labute approximate surface area is 59.6 Å². The fourth-order valence-corrected chi connectivity index (χ4v) is 1.13. The van der Waals surface area contributed by atoms with Crippen LogP contribution in [0.3, 0.4) is 0 Å². The third kappa shape index (κ3) is 1.15. The van der Waals surface area contributed by atoms with Crippen LogP contribution >= 0.6 is 0 Å². The summed E-state index contributed by atoms with van der Waals surface area (Å²) in [5, 5.41) is 18.3. The van der Waals surface area contributed by atoms with Crippen molar-refractivity contribution in [3.05, 3.63) is 0 Å². The first kappa shape index (κ1) is 7.94. The standard InChI is InChI=1S/C6H13NO3/c1-3-5(8)6(9)4(2-7)10-3/h3-6,8-9H,2,7H2,1H3/t3-,4+,5-,6+/m0/s1. The predicted octanol–water partition coefficient (Wildman–Crippen LogP) is -1.55. The summed E-state index contributed by atoms with van der Waals surface area (Å²) in [6.07, 6.45) is -2.30. The molecule has 4 heteroatoms. The second-order valence-corrected chi connectivity index (χ2v) is 2.60. The minimum Gasteiger partial charge on any atom is -0.388 e. The highest BCUT2D eigenvalue weighted by atomic mass is 16.5. The van der Waals surface area contributed by atoms with Crippen molar-refractivity contribution in [1.82, 2.24) is 0 Å². The summed E-state index contributed by atoms with van der Waals surface area (Å²) in [5.74, 6) is 0. The summed E-state index contributed by atoms with van der Waals surface area (Å²) in [4.78, 5) is 0. The topological polar surface area (TPSA) is 75.7 Å². The van der Waals surface area contributed by atoms with Gasteiger partial charge in [0.25, 0.3) is 0 Å². The third-order valence-electron chi connectivity index (χ3n) is 1.83. The molecule has 0 saturated carbocycles. The molecule has 1 fully saturated rings. The van der Waals surface area contributed by atoms with Crippen LogP contribution in [0.15, 0.2) is 0 Å². The molecule has 1 aliphatic heterocycles. The van der Waals surface area contributed by atoms with Gasteiger partial charge in [0.2, 0.25) is 0 Å². The molecule has 1 aliphatic rings. The van der Waals surface area contributed by atoms with E-state index in [1.165, 1.54) is 0 Å². The molecule has 0 spiro atoms. The molecule has 10 heavy (non-hydrogen) atoms. The van der Waals surface area contributed by atoms with Crippen LogP contribution in [0.2, 0.25) is 0 Å². The van der Waals surface area contributed by atoms with Crippen molar-refractivity contribution in [2.75, 3.05) is 6.54 Å². The van der Waals surface area contributed by atoms with E-state index in [4.69, 9.17) is 15.6 Å². The lowest BCUT2D eigenvalue weighted by molar-refractivity contribution is 0.0223. The second-order valence-electron chi connectivity index (χ2n) is 2.60. The Bertz CT molecular complexity index is 120. The number of nitrogens with two attached hydrogens (primary N) is 1. The maximum absolute atomic E-state index is 9.17. The van der Waals surface area contributed by atoms with Gasteiger partial charge in [0, 0.05) is 6.54 Å². The Hall–Kier alpha value is -0.160. The maximum atomic E-state index is 9.17. The first-order valence-corrected chi connectivity index (χ1v) is 3.38. The van der Waals surface area contributed by atoms with E-state index in [0.717, 1.165) is 0 Å². The SMILES string of the molecule is C[C@@H]1O[C@H](CN)[C@@H](O)[C@H]1O. The number of aliphatic hydroxyl groups is 2. The van der Waals surface area contributed by atoms with Crippen molar-refractivity contribution < 1.29 is 14.9 Å². The van der Waals surface area contributed by atoms with Gasteiger partial charge in [-0.3, -0.25) is 0 Å². The lowest BCUT2D eigenvalue weighted by Crippen LogP contribution is -2.35. The van der Waals surface area contributed by atoms with Crippen LogP contribution in [0.1, 0.15) is 6.92 Å². The Morgan fingerprint density at radius 3 is 2.20 bits per heavy atom. The highest BCUT2D eigenvalue weighted by Crippen LogP contribution is 2.19. The Morgan fingerprint density at radius 2 is 2.00 bits per heavy atom. The van der Waals surface area contributed by atoms with Gasteiger partial charge in [-0.1, -0.05) is 0 Å². The molecule has 4 nitrogen and oxygen atoms in total. The molecule has 4 atom stereocenters. The van der Waals surface area contributed by atoms with Crippen molar-refractivity contribution in [3.63, 3.8) is 0 Å². The summed E-state index contributed by atoms with van der Waals surface area (Å²) in [5.41, 5.74) is 5.25. The first-order chi connectivity index (χ1) is 4.66. The Morgan fingerprint density at radius 1 is 1.40 bits per heavy atom. The number of rotatable bonds is 1. The average molecular weight is 147 g/mol. The molecule has 0 aliphatic carbocycles. The van der Waals surface area contributed by atoms with E-state index in [1.54, 1.807) is 6.92 Å². The summed E-state index contributed by atoms with van der Waals surface area (Å²) >= 11 is 0. The van der Waals surface area contributed by atoms with Crippen LogP contribution in [-0.4, -0.2) is 41.2 Å². The zero-order valence-corrected chi connectivity index (χ0v) is 5.90. The van der Waals surface area contributed by atoms with Gasteiger partial charge in [-0.2, -0.15) is 0 Å². The lowest BCUT2D eigenvalue weighted by Gasteiger charge is -2.10. The lowest BCUT2D eigenvalue weighted by atomic mass is 10.1. The van der Waals surface area contributed by atoms with Gasteiger partial charge in [-0.05, 0) is 6.92 Å². The fourth-order valence-electron chi connectivity index (χ4n) is 1.13. The minimum atomic E-state index is -0.819. The van der Waals surface area contributed by atoms with Crippen LogP contribution in [0, 0.1) is 0 Å². The highest BCUT2D eigenvalue weighted by molar-refractivity contribution is 4.88. The fraction of sp³-hybridized carbons (Fsp3) is 1.00. The molecule has 0 radical (unpaired) electrons. The molecule has 1 rings (SSSR count). The smallest absolute Gasteiger partial charge is 0.110 e. The average Bonchev–Trinajstić information content (AvgIpc) is 2.17.